The Bertz CT molecular complexity index is 640. The fraction of sp³-hybridized carbons (Fsp3) is 0.0667. The lowest BCUT2D eigenvalue weighted by Crippen LogP contribution is -1.97. The van der Waals surface area contributed by atoms with E-state index < -0.39 is 0 Å². The van der Waals surface area contributed by atoms with Gasteiger partial charge in [-0.1, -0.05) is 30.3 Å². The molecule has 0 radical (unpaired) electrons. The number of hydrogen-bond donors (Lipinski definition) is 1. The molecular weight excluding hydrogens is 210 g/mol. The van der Waals surface area contributed by atoms with Crippen LogP contribution in [-0.2, 0) is 6.54 Å². The molecule has 0 unspecified atom stereocenters. The van der Waals surface area contributed by atoms with Crippen LogP contribution in [-0.4, -0.2) is 9.67 Å². The van der Waals surface area contributed by atoms with Crippen LogP contribution in [0.15, 0.2) is 60.8 Å². The Labute approximate surface area is 99.7 Å². The third-order valence-corrected chi connectivity index (χ3v) is 2.95. The second kappa shape index (κ2) is 3.98. The minimum absolute atomic E-state index is 0.311. The first kappa shape index (κ1) is 9.97. The average molecular weight is 223 g/mol. The number of benzene rings is 2. The molecule has 0 aliphatic carbocycles. The molecule has 1 aromatic heterocycles. The van der Waals surface area contributed by atoms with Crippen LogP contribution in [0.25, 0.3) is 10.9 Å². The molecule has 0 saturated heterocycles. The van der Waals surface area contributed by atoms with Crippen LogP contribution in [0.1, 0.15) is 5.56 Å². The number of hydrogen-bond acceptors (Lipinski definition) is 1. The summed E-state index contributed by atoms with van der Waals surface area (Å²) >= 11 is 0. The summed E-state index contributed by atoms with van der Waals surface area (Å²) in [6.07, 6.45) is 2.05. The summed E-state index contributed by atoms with van der Waals surface area (Å²) in [4.78, 5) is 0. The van der Waals surface area contributed by atoms with Crippen molar-refractivity contribution >= 4 is 10.9 Å². The lowest BCUT2D eigenvalue weighted by Gasteiger charge is -2.05. The second-order valence-electron chi connectivity index (χ2n) is 4.17. The molecule has 2 nitrogen and oxygen atoms in total. The summed E-state index contributed by atoms with van der Waals surface area (Å²) in [7, 11) is 0. The molecule has 0 spiro atoms. The van der Waals surface area contributed by atoms with E-state index in [-0.39, 0.29) is 0 Å². The Morgan fingerprint density at radius 1 is 0.941 bits per heavy atom. The van der Waals surface area contributed by atoms with Crippen LogP contribution in [0.5, 0.6) is 5.75 Å². The fourth-order valence-electron chi connectivity index (χ4n) is 2.09. The van der Waals surface area contributed by atoms with Gasteiger partial charge >= 0.3 is 0 Å². The van der Waals surface area contributed by atoms with Gasteiger partial charge in [-0.05, 0) is 29.1 Å². The summed E-state index contributed by atoms with van der Waals surface area (Å²) in [6.45, 7) is 0.827. The van der Waals surface area contributed by atoms with Crippen LogP contribution >= 0.6 is 0 Å². The number of phenolic OH excluding ortho intramolecular Hbond substituents is 1. The third-order valence-electron chi connectivity index (χ3n) is 2.95. The van der Waals surface area contributed by atoms with Gasteiger partial charge in [0.05, 0.1) is 5.52 Å². The molecule has 1 heterocycles. The van der Waals surface area contributed by atoms with E-state index in [1.54, 1.807) is 12.1 Å². The van der Waals surface area contributed by atoms with Crippen LogP contribution in [0.4, 0.5) is 0 Å². The molecule has 0 bridgehead atoms. The SMILES string of the molecule is Oc1ccc2ccn(Cc3ccccc3)c2c1. The quantitative estimate of drug-likeness (QED) is 0.707. The first-order chi connectivity index (χ1) is 8.33. The maximum atomic E-state index is 9.53. The van der Waals surface area contributed by atoms with E-state index in [2.05, 4.69) is 29.0 Å². The molecule has 0 atom stereocenters. The van der Waals surface area contributed by atoms with Crippen molar-refractivity contribution in [2.45, 2.75) is 6.54 Å². The maximum Gasteiger partial charge on any atom is 0.117 e. The van der Waals surface area contributed by atoms with Gasteiger partial charge in [0.1, 0.15) is 5.75 Å². The van der Waals surface area contributed by atoms with Crippen LogP contribution < -0.4 is 0 Å². The first-order valence-corrected chi connectivity index (χ1v) is 5.65. The zero-order chi connectivity index (χ0) is 11.7. The van der Waals surface area contributed by atoms with Crippen LogP contribution in [0, 0.1) is 0 Å². The number of phenols is 1. The maximum absolute atomic E-state index is 9.53. The van der Waals surface area contributed by atoms with E-state index >= 15 is 0 Å². The summed E-state index contributed by atoms with van der Waals surface area (Å²) in [5, 5.41) is 10.7. The highest BCUT2D eigenvalue weighted by atomic mass is 16.3. The molecule has 3 rings (SSSR count). The molecule has 0 amide bonds. The molecule has 84 valence electrons. The zero-order valence-corrected chi connectivity index (χ0v) is 9.38. The van der Waals surface area contributed by atoms with E-state index in [0.29, 0.717) is 5.75 Å². The van der Waals surface area contributed by atoms with Gasteiger partial charge in [0.2, 0.25) is 0 Å². The third kappa shape index (κ3) is 1.89. The first-order valence-electron chi connectivity index (χ1n) is 5.65. The molecule has 0 saturated carbocycles. The lowest BCUT2D eigenvalue weighted by atomic mass is 10.2. The average Bonchev–Trinajstić information content (AvgIpc) is 2.73. The minimum Gasteiger partial charge on any atom is -0.508 e. The van der Waals surface area contributed by atoms with Crippen molar-refractivity contribution in [1.82, 2.24) is 4.57 Å². The topological polar surface area (TPSA) is 25.2 Å². The number of nitrogens with zero attached hydrogens (tertiary/aromatic N) is 1. The molecule has 0 aliphatic rings. The smallest absolute Gasteiger partial charge is 0.117 e. The highest BCUT2D eigenvalue weighted by molar-refractivity contribution is 5.81. The van der Waals surface area contributed by atoms with Gasteiger partial charge < -0.3 is 9.67 Å². The minimum atomic E-state index is 0.311. The monoisotopic (exact) mass is 223 g/mol. The van der Waals surface area contributed by atoms with Crippen molar-refractivity contribution in [3.63, 3.8) is 0 Å². The van der Waals surface area contributed by atoms with Crippen molar-refractivity contribution in [1.29, 1.82) is 0 Å². The van der Waals surface area contributed by atoms with Crippen molar-refractivity contribution in [3.05, 3.63) is 66.4 Å². The predicted octanol–water partition coefficient (Wildman–Crippen LogP) is 3.40. The van der Waals surface area contributed by atoms with Crippen molar-refractivity contribution in [3.8, 4) is 5.75 Å². The highest BCUT2D eigenvalue weighted by Gasteiger charge is 2.02. The van der Waals surface area contributed by atoms with Gasteiger partial charge in [-0.3, -0.25) is 0 Å². The van der Waals surface area contributed by atoms with Gasteiger partial charge in [0.15, 0.2) is 0 Å². The highest BCUT2D eigenvalue weighted by Crippen LogP contribution is 2.21. The number of aromatic nitrogens is 1. The zero-order valence-electron chi connectivity index (χ0n) is 9.38. The fourth-order valence-corrected chi connectivity index (χ4v) is 2.09. The van der Waals surface area contributed by atoms with Crippen molar-refractivity contribution in [2.75, 3.05) is 0 Å². The van der Waals surface area contributed by atoms with Gasteiger partial charge in [-0.25, -0.2) is 0 Å². The Hall–Kier alpha value is -2.22. The summed E-state index contributed by atoms with van der Waals surface area (Å²) < 4.78 is 2.14. The van der Waals surface area contributed by atoms with E-state index in [1.165, 1.54) is 5.56 Å². The molecule has 2 heteroatoms. The second-order valence-corrected chi connectivity index (χ2v) is 4.17. The van der Waals surface area contributed by atoms with Gasteiger partial charge in [0, 0.05) is 18.8 Å². The largest absolute Gasteiger partial charge is 0.508 e. The molecule has 3 aromatic rings. The van der Waals surface area contributed by atoms with E-state index in [9.17, 15) is 5.11 Å². The lowest BCUT2D eigenvalue weighted by molar-refractivity contribution is 0.476. The van der Waals surface area contributed by atoms with Gasteiger partial charge in [-0.2, -0.15) is 0 Å². The molecule has 17 heavy (non-hydrogen) atoms. The van der Waals surface area contributed by atoms with E-state index in [0.717, 1.165) is 17.4 Å². The molecule has 0 aliphatic heterocycles. The van der Waals surface area contributed by atoms with Gasteiger partial charge in [-0.15, -0.1) is 0 Å². The Kier molecular flexibility index (Phi) is 2.33. The van der Waals surface area contributed by atoms with E-state index in [1.807, 2.05) is 24.3 Å². The Morgan fingerprint density at radius 2 is 1.76 bits per heavy atom. The van der Waals surface area contributed by atoms with Crippen LogP contribution in [0.3, 0.4) is 0 Å². The number of fused-ring (bicyclic) bond motifs is 1. The van der Waals surface area contributed by atoms with Crippen molar-refractivity contribution < 1.29 is 5.11 Å². The molecule has 1 N–H and O–H groups in total. The number of rotatable bonds is 2. The summed E-state index contributed by atoms with van der Waals surface area (Å²) in [5.74, 6) is 0.311. The Morgan fingerprint density at radius 3 is 2.59 bits per heavy atom. The molecule has 2 aromatic carbocycles. The van der Waals surface area contributed by atoms with Crippen LogP contribution in [0.2, 0.25) is 0 Å². The van der Waals surface area contributed by atoms with Gasteiger partial charge in [0.25, 0.3) is 0 Å². The predicted molar refractivity (Wildman–Crippen MR) is 69.1 cm³/mol. The normalized spacial score (nSPS) is 10.8. The van der Waals surface area contributed by atoms with E-state index in [4.69, 9.17) is 0 Å². The molecule has 0 fully saturated rings. The standard InChI is InChI=1S/C15H13NO/c17-14-7-6-13-8-9-16(15(13)10-14)11-12-4-2-1-3-5-12/h1-10,17H,11H2. The Balaban J connectivity index is 2.03. The molecular formula is C15H13NO. The summed E-state index contributed by atoms with van der Waals surface area (Å²) in [5.41, 5.74) is 2.32. The summed E-state index contributed by atoms with van der Waals surface area (Å²) in [6, 6.07) is 17.8. The number of aromatic hydroxyl groups is 1. The van der Waals surface area contributed by atoms with Crippen molar-refractivity contribution in [2.24, 2.45) is 0 Å².